The molecule has 0 spiro atoms. The van der Waals surface area contributed by atoms with E-state index >= 15 is 0 Å². The minimum Gasteiger partial charge on any atom is -0.493 e. The summed E-state index contributed by atoms with van der Waals surface area (Å²) in [5.41, 5.74) is 1.28. The Hall–Kier alpha value is -2.73. The smallest absolute Gasteiger partial charge is 0.305 e. The van der Waals surface area contributed by atoms with Crippen molar-refractivity contribution in [1.82, 2.24) is 5.32 Å². The van der Waals surface area contributed by atoms with Gasteiger partial charge in [0.2, 0.25) is 5.91 Å². The van der Waals surface area contributed by atoms with Crippen LogP contribution in [0.25, 0.3) is 0 Å². The van der Waals surface area contributed by atoms with Crippen molar-refractivity contribution >= 4 is 23.5 Å². The average molecular weight is 378 g/mol. The van der Waals surface area contributed by atoms with Crippen molar-refractivity contribution in [2.75, 3.05) is 14.2 Å². The molecular weight excluding hydrogens is 358 g/mol. The molecule has 26 heavy (non-hydrogen) atoms. The van der Waals surface area contributed by atoms with Crippen LogP contribution in [-0.2, 0) is 16.0 Å². The molecule has 0 aliphatic heterocycles. The molecule has 0 aromatic heterocycles. The van der Waals surface area contributed by atoms with E-state index < -0.39 is 12.0 Å². The molecule has 2 aromatic rings. The monoisotopic (exact) mass is 377 g/mol. The van der Waals surface area contributed by atoms with Crippen molar-refractivity contribution < 1.29 is 24.2 Å². The van der Waals surface area contributed by atoms with Crippen molar-refractivity contribution in [2.45, 2.75) is 18.9 Å². The van der Waals surface area contributed by atoms with E-state index in [-0.39, 0.29) is 18.7 Å². The summed E-state index contributed by atoms with van der Waals surface area (Å²) >= 11 is 6.07. The predicted octanol–water partition coefficient (Wildman–Crippen LogP) is 3.23. The van der Waals surface area contributed by atoms with Crippen LogP contribution in [-0.4, -0.2) is 31.2 Å². The molecule has 0 saturated heterocycles. The zero-order chi connectivity index (χ0) is 19.1. The van der Waals surface area contributed by atoms with Gasteiger partial charge in [0.15, 0.2) is 11.5 Å². The average Bonchev–Trinajstić information content (AvgIpc) is 2.62. The highest BCUT2D eigenvalue weighted by Gasteiger charge is 2.20. The molecule has 2 aromatic carbocycles. The number of amides is 1. The van der Waals surface area contributed by atoms with Crippen LogP contribution in [0.15, 0.2) is 42.5 Å². The Morgan fingerprint density at radius 2 is 1.81 bits per heavy atom. The molecule has 0 radical (unpaired) electrons. The fraction of sp³-hybridized carbons (Fsp3) is 0.263. The molecule has 1 amide bonds. The minimum absolute atomic E-state index is 0.0586. The molecule has 1 atom stereocenters. The lowest BCUT2D eigenvalue weighted by Gasteiger charge is -2.19. The van der Waals surface area contributed by atoms with Gasteiger partial charge in [0, 0.05) is 5.02 Å². The summed E-state index contributed by atoms with van der Waals surface area (Å²) < 4.78 is 10.4. The Kier molecular flexibility index (Phi) is 6.86. The minimum atomic E-state index is -1.03. The number of carboxylic acid groups (broad SMARTS) is 1. The Bertz CT molecular complexity index is 793. The third kappa shape index (κ3) is 5.13. The summed E-state index contributed by atoms with van der Waals surface area (Å²) in [6.45, 7) is 0. The standard InChI is InChI=1S/C19H20ClNO5/c1-25-16-8-7-13(9-17(16)26-2)15(11-19(23)24)21-18(22)10-12-5-3-4-6-14(12)20/h3-9,15H,10-11H2,1-2H3,(H,21,22)(H,23,24). The van der Waals surface area contributed by atoms with Crippen LogP contribution in [0.5, 0.6) is 11.5 Å². The SMILES string of the molecule is COc1ccc(C(CC(=O)O)NC(=O)Cc2ccccc2Cl)cc1OC. The van der Waals surface area contributed by atoms with E-state index in [4.69, 9.17) is 21.1 Å². The quantitative estimate of drug-likeness (QED) is 0.737. The number of ether oxygens (including phenoxy) is 2. The van der Waals surface area contributed by atoms with Gasteiger partial charge in [-0.05, 0) is 29.3 Å². The van der Waals surface area contributed by atoms with Crippen LogP contribution in [0.1, 0.15) is 23.6 Å². The van der Waals surface area contributed by atoms with E-state index in [1.807, 2.05) is 0 Å². The molecule has 0 heterocycles. The van der Waals surface area contributed by atoms with Gasteiger partial charge >= 0.3 is 5.97 Å². The summed E-state index contributed by atoms with van der Waals surface area (Å²) in [5.74, 6) is -0.365. The maximum atomic E-state index is 12.4. The number of hydrogen-bond acceptors (Lipinski definition) is 4. The number of rotatable bonds is 8. The maximum Gasteiger partial charge on any atom is 0.305 e. The summed E-state index contributed by atoms with van der Waals surface area (Å²) in [5, 5.41) is 12.4. The fourth-order valence-electron chi connectivity index (χ4n) is 2.56. The lowest BCUT2D eigenvalue weighted by Crippen LogP contribution is -2.31. The molecule has 138 valence electrons. The number of benzene rings is 2. The topological polar surface area (TPSA) is 84.9 Å². The van der Waals surface area contributed by atoms with Gasteiger partial charge in [0.1, 0.15) is 0 Å². The summed E-state index contributed by atoms with van der Waals surface area (Å²) in [6, 6.07) is 11.3. The maximum absolute atomic E-state index is 12.4. The molecule has 7 heteroatoms. The third-order valence-corrected chi connectivity index (χ3v) is 4.20. The summed E-state index contributed by atoms with van der Waals surface area (Å²) in [7, 11) is 3.00. The van der Waals surface area contributed by atoms with Crippen LogP contribution < -0.4 is 14.8 Å². The van der Waals surface area contributed by atoms with Crippen molar-refractivity contribution in [3.05, 3.63) is 58.6 Å². The van der Waals surface area contributed by atoms with Gasteiger partial charge in [0.25, 0.3) is 0 Å². The first-order valence-electron chi connectivity index (χ1n) is 7.91. The highest BCUT2D eigenvalue weighted by molar-refractivity contribution is 6.31. The van der Waals surface area contributed by atoms with Crippen LogP contribution in [0, 0.1) is 0 Å². The molecule has 0 fully saturated rings. The van der Waals surface area contributed by atoms with Crippen molar-refractivity contribution in [3.8, 4) is 11.5 Å². The van der Waals surface area contributed by atoms with Crippen molar-refractivity contribution in [1.29, 1.82) is 0 Å². The first-order chi connectivity index (χ1) is 12.4. The van der Waals surface area contributed by atoms with Gasteiger partial charge in [-0.2, -0.15) is 0 Å². The Morgan fingerprint density at radius 3 is 2.42 bits per heavy atom. The predicted molar refractivity (Wildman–Crippen MR) is 97.8 cm³/mol. The number of carbonyl (C=O) groups is 2. The van der Waals surface area contributed by atoms with Gasteiger partial charge in [-0.3, -0.25) is 9.59 Å². The van der Waals surface area contributed by atoms with Crippen LogP contribution in [0.4, 0.5) is 0 Å². The first-order valence-corrected chi connectivity index (χ1v) is 8.29. The molecular formula is C19H20ClNO5. The Morgan fingerprint density at radius 1 is 1.12 bits per heavy atom. The Labute approximate surface area is 156 Å². The third-order valence-electron chi connectivity index (χ3n) is 3.83. The summed E-state index contributed by atoms with van der Waals surface area (Å²) in [6.07, 6.45) is -0.202. The second-order valence-electron chi connectivity index (χ2n) is 5.60. The van der Waals surface area contributed by atoms with Gasteiger partial charge < -0.3 is 19.9 Å². The molecule has 0 saturated carbocycles. The zero-order valence-electron chi connectivity index (χ0n) is 14.5. The molecule has 6 nitrogen and oxygen atoms in total. The largest absolute Gasteiger partial charge is 0.493 e. The number of aliphatic carboxylic acids is 1. The van der Waals surface area contributed by atoms with E-state index in [2.05, 4.69) is 5.32 Å². The summed E-state index contributed by atoms with van der Waals surface area (Å²) in [4.78, 5) is 23.6. The molecule has 2 N–H and O–H groups in total. The number of nitrogens with one attached hydrogen (secondary N) is 1. The normalized spacial score (nSPS) is 11.5. The number of carboxylic acids is 1. The number of halogens is 1. The van der Waals surface area contributed by atoms with Crippen LogP contribution >= 0.6 is 11.6 Å². The molecule has 1 unspecified atom stereocenters. The van der Waals surface area contributed by atoms with Crippen LogP contribution in [0.3, 0.4) is 0 Å². The van der Waals surface area contributed by atoms with E-state index in [9.17, 15) is 14.7 Å². The fourth-order valence-corrected chi connectivity index (χ4v) is 2.76. The molecule has 0 aliphatic rings. The van der Waals surface area contributed by atoms with E-state index in [0.29, 0.717) is 27.6 Å². The number of hydrogen-bond donors (Lipinski definition) is 2. The number of methoxy groups -OCH3 is 2. The number of carbonyl (C=O) groups excluding carboxylic acids is 1. The molecule has 0 aliphatic carbocycles. The highest BCUT2D eigenvalue weighted by Crippen LogP contribution is 2.31. The first kappa shape index (κ1) is 19.6. The van der Waals surface area contributed by atoms with Crippen molar-refractivity contribution in [2.24, 2.45) is 0 Å². The zero-order valence-corrected chi connectivity index (χ0v) is 15.2. The Balaban J connectivity index is 2.20. The lowest BCUT2D eigenvalue weighted by molar-refractivity contribution is -0.137. The van der Waals surface area contributed by atoms with Gasteiger partial charge in [0.05, 0.1) is 33.1 Å². The van der Waals surface area contributed by atoms with Gasteiger partial charge in [-0.15, -0.1) is 0 Å². The molecule has 2 rings (SSSR count). The van der Waals surface area contributed by atoms with E-state index in [0.717, 1.165) is 0 Å². The lowest BCUT2D eigenvalue weighted by atomic mass is 10.0. The van der Waals surface area contributed by atoms with Crippen molar-refractivity contribution in [3.63, 3.8) is 0 Å². The highest BCUT2D eigenvalue weighted by atomic mass is 35.5. The van der Waals surface area contributed by atoms with E-state index in [1.165, 1.54) is 14.2 Å². The van der Waals surface area contributed by atoms with Gasteiger partial charge in [-0.25, -0.2) is 0 Å². The van der Waals surface area contributed by atoms with E-state index in [1.54, 1.807) is 42.5 Å². The molecule has 0 bridgehead atoms. The van der Waals surface area contributed by atoms with Crippen LogP contribution in [0.2, 0.25) is 5.02 Å². The second-order valence-corrected chi connectivity index (χ2v) is 6.01. The second kappa shape index (κ2) is 9.10. The van der Waals surface area contributed by atoms with Gasteiger partial charge in [-0.1, -0.05) is 35.9 Å².